The van der Waals surface area contributed by atoms with Crippen molar-refractivity contribution >= 4 is 39.0 Å². The van der Waals surface area contributed by atoms with E-state index in [4.69, 9.17) is 0 Å². The molecular weight excluding hydrogens is 368 g/mol. The van der Waals surface area contributed by atoms with E-state index in [0.29, 0.717) is 24.7 Å². The number of hydrogen-bond acceptors (Lipinski definition) is 4. The van der Waals surface area contributed by atoms with Gasteiger partial charge in [-0.3, -0.25) is 4.79 Å². The number of rotatable bonds is 5. The van der Waals surface area contributed by atoms with Gasteiger partial charge in [0, 0.05) is 29.7 Å². The van der Waals surface area contributed by atoms with Crippen LogP contribution in [0.15, 0.2) is 52.7 Å². The quantitative estimate of drug-likeness (QED) is 0.789. The molecule has 1 aromatic carbocycles. The van der Waals surface area contributed by atoms with E-state index in [9.17, 15) is 13.2 Å². The molecule has 0 bridgehead atoms. The molecule has 1 aliphatic rings. The predicted molar refractivity (Wildman–Crippen MR) is 106 cm³/mol. The van der Waals surface area contributed by atoms with Crippen LogP contribution < -0.4 is 5.32 Å². The van der Waals surface area contributed by atoms with Crippen molar-refractivity contribution in [3.05, 3.63) is 52.7 Å². The largest absolute Gasteiger partial charge is 0.323 e. The van der Waals surface area contributed by atoms with Crippen molar-refractivity contribution in [2.45, 2.75) is 24.7 Å². The van der Waals surface area contributed by atoms with Gasteiger partial charge >= 0.3 is 0 Å². The third kappa shape index (κ3) is 4.60. The molecule has 2 heterocycles. The number of hydrogen-bond donors (Lipinski definition) is 1. The fraction of sp³-hybridized carbons (Fsp3) is 0.316. The number of thiophene rings is 1. The minimum absolute atomic E-state index is 0.251. The van der Waals surface area contributed by atoms with Crippen molar-refractivity contribution in [1.29, 1.82) is 0 Å². The fourth-order valence-corrected chi connectivity index (χ4v) is 4.90. The van der Waals surface area contributed by atoms with Gasteiger partial charge in [-0.15, -0.1) is 11.3 Å². The molecule has 0 aliphatic carbocycles. The lowest BCUT2D eigenvalue weighted by Gasteiger charge is -2.29. The zero-order valence-corrected chi connectivity index (χ0v) is 16.2. The normalized spacial score (nSPS) is 16.8. The van der Waals surface area contributed by atoms with Crippen molar-refractivity contribution in [3.63, 3.8) is 0 Å². The molecule has 0 radical (unpaired) electrons. The molecule has 26 heavy (non-hydrogen) atoms. The van der Waals surface area contributed by atoms with Gasteiger partial charge in [0.1, 0.15) is 0 Å². The first-order valence-electron chi connectivity index (χ1n) is 8.58. The minimum atomic E-state index is -3.46. The summed E-state index contributed by atoms with van der Waals surface area (Å²) in [6.45, 7) is 3.28. The Morgan fingerprint density at radius 3 is 2.50 bits per heavy atom. The van der Waals surface area contributed by atoms with Crippen LogP contribution in [-0.2, 0) is 14.8 Å². The fourth-order valence-electron chi connectivity index (χ4n) is 2.81. The van der Waals surface area contributed by atoms with Gasteiger partial charge in [-0.25, -0.2) is 8.42 Å². The second-order valence-electron chi connectivity index (χ2n) is 6.45. The average Bonchev–Trinajstić information content (AvgIpc) is 3.14. The molecule has 1 saturated heterocycles. The van der Waals surface area contributed by atoms with Crippen molar-refractivity contribution in [2.75, 3.05) is 18.4 Å². The molecule has 1 N–H and O–H groups in total. The standard InChI is InChI=1S/C19H22N2O3S2/c1-15-10-12-21(13-11-15)26(23,24)18-7-4-16(5-8-18)20-19(22)9-6-17-3-2-14-25-17/h2-9,14-15H,10-13H2,1H3,(H,20,22)/b9-6+. The monoisotopic (exact) mass is 390 g/mol. The maximum atomic E-state index is 12.7. The van der Waals surface area contributed by atoms with Crippen LogP contribution in [0.5, 0.6) is 0 Å². The molecule has 138 valence electrons. The maximum Gasteiger partial charge on any atom is 0.248 e. The molecule has 2 aromatic rings. The predicted octanol–water partition coefficient (Wildman–Crippen LogP) is 3.82. The van der Waals surface area contributed by atoms with Crippen molar-refractivity contribution < 1.29 is 13.2 Å². The molecular formula is C19H22N2O3S2. The SMILES string of the molecule is CC1CCN(S(=O)(=O)c2ccc(NC(=O)/C=C/c3cccs3)cc2)CC1. The second kappa shape index (κ2) is 8.16. The lowest BCUT2D eigenvalue weighted by atomic mass is 10.0. The Hall–Kier alpha value is -1.96. The zero-order valence-electron chi connectivity index (χ0n) is 14.6. The van der Waals surface area contributed by atoms with Crippen LogP contribution in [0, 0.1) is 5.92 Å². The van der Waals surface area contributed by atoms with E-state index in [2.05, 4.69) is 12.2 Å². The molecule has 1 fully saturated rings. The van der Waals surface area contributed by atoms with Gasteiger partial charge in [-0.1, -0.05) is 13.0 Å². The summed E-state index contributed by atoms with van der Waals surface area (Å²) in [6.07, 6.45) is 5.00. The summed E-state index contributed by atoms with van der Waals surface area (Å²) >= 11 is 1.55. The first-order valence-corrected chi connectivity index (χ1v) is 10.9. The Morgan fingerprint density at radius 2 is 1.88 bits per heavy atom. The van der Waals surface area contributed by atoms with Gasteiger partial charge in [0.25, 0.3) is 0 Å². The number of carbonyl (C=O) groups excluding carboxylic acids is 1. The Balaban J connectivity index is 1.63. The summed E-state index contributed by atoms with van der Waals surface area (Å²) in [5, 5.41) is 4.68. The van der Waals surface area contributed by atoms with Crippen molar-refractivity contribution in [1.82, 2.24) is 4.31 Å². The summed E-state index contributed by atoms with van der Waals surface area (Å²) in [5.74, 6) is 0.320. The van der Waals surface area contributed by atoms with E-state index in [1.165, 1.54) is 6.08 Å². The Bertz CT molecular complexity index is 864. The van der Waals surface area contributed by atoms with Crippen LogP contribution in [-0.4, -0.2) is 31.7 Å². The van der Waals surface area contributed by atoms with Gasteiger partial charge < -0.3 is 5.32 Å². The van der Waals surface area contributed by atoms with Crippen molar-refractivity contribution in [2.24, 2.45) is 5.92 Å². The van der Waals surface area contributed by atoms with Gasteiger partial charge in [0.15, 0.2) is 0 Å². The zero-order chi connectivity index (χ0) is 18.6. The Labute approximate surface area is 158 Å². The summed E-state index contributed by atoms with van der Waals surface area (Å²) < 4.78 is 26.9. The van der Waals surface area contributed by atoms with Crippen LogP contribution in [0.1, 0.15) is 24.6 Å². The lowest BCUT2D eigenvalue weighted by molar-refractivity contribution is -0.111. The van der Waals surface area contributed by atoms with Gasteiger partial charge in [-0.05, 0) is 60.5 Å². The molecule has 5 nitrogen and oxygen atoms in total. The highest BCUT2D eigenvalue weighted by Crippen LogP contribution is 2.24. The third-order valence-corrected chi connectivity index (χ3v) is 7.19. The number of anilines is 1. The van der Waals surface area contributed by atoms with Gasteiger partial charge in [0.2, 0.25) is 15.9 Å². The highest BCUT2D eigenvalue weighted by atomic mass is 32.2. The number of carbonyl (C=O) groups is 1. The molecule has 7 heteroatoms. The van der Waals surface area contributed by atoms with E-state index >= 15 is 0 Å². The highest BCUT2D eigenvalue weighted by molar-refractivity contribution is 7.89. The molecule has 3 rings (SSSR count). The number of sulfonamides is 1. The maximum absolute atomic E-state index is 12.7. The van der Waals surface area contributed by atoms with E-state index in [1.54, 1.807) is 46.0 Å². The number of benzene rings is 1. The average molecular weight is 391 g/mol. The van der Waals surface area contributed by atoms with Crippen LogP contribution in [0.4, 0.5) is 5.69 Å². The summed E-state index contributed by atoms with van der Waals surface area (Å²) in [5.41, 5.74) is 0.567. The highest BCUT2D eigenvalue weighted by Gasteiger charge is 2.27. The van der Waals surface area contributed by atoms with E-state index in [1.807, 2.05) is 17.5 Å². The molecule has 1 aromatic heterocycles. The molecule has 0 spiro atoms. The van der Waals surface area contributed by atoms with Crippen LogP contribution in [0.3, 0.4) is 0 Å². The first-order chi connectivity index (χ1) is 12.4. The van der Waals surface area contributed by atoms with E-state index in [-0.39, 0.29) is 10.8 Å². The molecule has 1 amide bonds. The Kier molecular flexibility index (Phi) is 5.90. The number of amides is 1. The van der Waals surface area contributed by atoms with Gasteiger partial charge in [-0.2, -0.15) is 4.31 Å². The molecule has 1 aliphatic heterocycles. The Morgan fingerprint density at radius 1 is 1.19 bits per heavy atom. The van der Waals surface area contributed by atoms with Crippen LogP contribution in [0.2, 0.25) is 0 Å². The molecule has 0 saturated carbocycles. The topological polar surface area (TPSA) is 66.5 Å². The lowest BCUT2D eigenvalue weighted by Crippen LogP contribution is -2.37. The second-order valence-corrected chi connectivity index (χ2v) is 9.37. The van der Waals surface area contributed by atoms with Crippen LogP contribution >= 0.6 is 11.3 Å². The third-order valence-electron chi connectivity index (χ3n) is 4.44. The van der Waals surface area contributed by atoms with Gasteiger partial charge in [0.05, 0.1) is 4.90 Å². The minimum Gasteiger partial charge on any atom is -0.323 e. The first kappa shape index (κ1) is 18.8. The van der Waals surface area contributed by atoms with Crippen molar-refractivity contribution in [3.8, 4) is 0 Å². The molecule has 0 unspecified atom stereocenters. The summed E-state index contributed by atoms with van der Waals surface area (Å²) in [6, 6.07) is 10.2. The molecule has 0 atom stereocenters. The number of piperidine rings is 1. The number of nitrogens with one attached hydrogen (secondary N) is 1. The summed E-state index contributed by atoms with van der Waals surface area (Å²) in [7, 11) is -3.46. The summed E-state index contributed by atoms with van der Waals surface area (Å²) in [4.78, 5) is 13.2. The van der Waals surface area contributed by atoms with Crippen LogP contribution in [0.25, 0.3) is 6.08 Å². The van der Waals surface area contributed by atoms with E-state index < -0.39 is 10.0 Å². The number of nitrogens with zero attached hydrogens (tertiary/aromatic N) is 1. The smallest absolute Gasteiger partial charge is 0.248 e. The van der Waals surface area contributed by atoms with E-state index in [0.717, 1.165) is 17.7 Å².